The maximum absolute atomic E-state index is 11.1. The first-order valence-electron chi connectivity index (χ1n) is 5.71. The van der Waals surface area contributed by atoms with Crippen molar-refractivity contribution in [3.8, 4) is 0 Å². The van der Waals surface area contributed by atoms with Gasteiger partial charge < -0.3 is 9.84 Å². The predicted molar refractivity (Wildman–Crippen MR) is 65.6 cm³/mol. The third-order valence-corrected chi connectivity index (χ3v) is 2.39. The molecule has 4 nitrogen and oxygen atoms in total. The molecule has 0 aromatic rings. The van der Waals surface area contributed by atoms with Crippen LogP contribution in [-0.2, 0) is 14.3 Å². The van der Waals surface area contributed by atoms with Gasteiger partial charge in [-0.25, -0.2) is 9.59 Å². The van der Waals surface area contributed by atoms with Gasteiger partial charge in [-0.05, 0) is 19.3 Å². The van der Waals surface area contributed by atoms with Crippen molar-refractivity contribution in [1.82, 2.24) is 0 Å². The highest BCUT2D eigenvalue weighted by Gasteiger charge is 2.09. The molecule has 0 aliphatic heterocycles. The van der Waals surface area contributed by atoms with E-state index in [0.29, 0.717) is 12.0 Å². The van der Waals surface area contributed by atoms with E-state index in [9.17, 15) is 9.59 Å². The van der Waals surface area contributed by atoms with Gasteiger partial charge in [0.05, 0.1) is 7.11 Å². The molecule has 1 N–H and O–H groups in total. The molecule has 0 fully saturated rings. The van der Waals surface area contributed by atoms with E-state index >= 15 is 0 Å². The lowest BCUT2D eigenvalue weighted by atomic mass is 10.0. The first kappa shape index (κ1) is 15.4. The van der Waals surface area contributed by atoms with Crippen LogP contribution in [0.5, 0.6) is 0 Å². The van der Waals surface area contributed by atoms with Gasteiger partial charge in [-0.1, -0.05) is 32.4 Å². The maximum atomic E-state index is 11.1. The van der Waals surface area contributed by atoms with Crippen LogP contribution in [0.15, 0.2) is 23.8 Å². The van der Waals surface area contributed by atoms with Gasteiger partial charge in [-0.3, -0.25) is 0 Å². The molecule has 0 bridgehead atoms. The molecule has 0 radical (unpaired) electrons. The van der Waals surface area contributed by atoms with Gasteiger partial charge in [0.1, 0.15) is 0 Å². The fourth-order valence-corrected chi connectivity index (χ4v) is 1.34. The Morgan fingerprint density at radius 1 is 1.35 bits per heavy atom. The smallest absolute Gasteiger partial charge is 0.333 e. The first-order chi connectivity index (χ1) is 8.02. The van der Waals surface area contributed by atoms with E-state index in [1.807, 2.05) is 0 Å². The molecule has 0 amide bonds. The minimum absolute atomic E-state index is 0.223. The molecule has 0 heterocycles. The summed E-state index contributed by atoms with van der Waals surface area (Å²) in [4.78, 5) is 22.0. The summed E-state index contributed by atoms with van der Waals surface area (Å²) in [5, 5.41) is 8.97. The van der Waals surface area contributed by atoms with E-state index in [1.54, 1.807) is 0 Å². The number of allylic oxidation sites excluding steroid dienone is 1. The van der Waals surface area contributed by atoms with E-state index in [2.05, 4.69) is 18.2 Å². The molecule has 0 aliphatic carbocycles. The zero-order chi connectivity index (χ0) is 13.3. The summed E-state index contributed by atoms with van der Waals surface area (Å²) < 4.78 is 4.49. The number of ether oxygens (including phenoxy) is 1. The Labute approximate surface area is 102 Å². The standard InChI is InChI=1S/C13H20O4/c1-4-5-6-7-11(12(14)15)9-8-10(2)13(16)17-3/h9H,2,4-8H2,1,3H3,(H,14,15). The lowest BCUT2D eigenvalue weighted by molar-refractivity contribution is -0.136. The molecular weight excluding hydrogens is 220 g/mol. The molecule has 0 spiro atoms. The molecule has 0 aromatic carbocycles. The van der Waals surface area contributed by atoms with Crippen LogP contribution >= 0.6 is 0 Å². The summed E-state index contributed by atoms with van der Waals surface area (Å²) in [7, 11) is 1.27. The molecule has 96 valence electrons. The lowest BCUT2D eigenvalue weighted by Gasteiger charge is -2.03. The third kappa shape index (κ3) is 6.56. The first-order valence-corrected chi connectivity index (χ1v) is 5.71. The number of rotatable bonds is 8. The Bertz CT molecular complexity index is 315. The number of carboxylic acids is 1. The Kier molecular flexibility index (Phi) is 7.76. The van der Waals surface area contributed by atoms with Crippen molar-refractivity contribution in [1.29, 1.82) is 0 Å². The van der Waals surface area contributed by atoms with Gasteiger partial charge in [0.2, 0.25) is 0 Å². The zero-order valence-electron chi connectivity index (χ0n) is 10.5. The Morgan fingerprint density at radius 3 is 2.47 bits per heavy atom. The number of hydrogen-bond donors (Lipinski definition) is 1. The molecule has 0 atom stereocenters. The van der Waals surface area contributed by atoms with Gasteiger partial charge in [0, 0.05) is 11.1 Å². The average molecular weight is 240 g/mol. The summed E-state index contributed by atoms with van der Waals surface area (Å²) >= 11 is 0. The summed E-state index contributed by atoms with van der Waals surface area (Å²) in [5.74, 6) is -1.43. The molecule has 0 rings (SSSR count). The predicted octanol–water partition coefficient (Wildman–Crippen LogP) is 2.70. The van der Waals surface area contributed by atoms with Crippen molar-refractivity contribution in [2.24, 2.45) is 0 Å². The number of unbranched alkanes of at least 4 members (excludes halogenated alkanes) is 2. The van der Waals surface area contributed by atoms with E-state index < -0.39 is 11.9 Å². The second-order valence-electron chi connectivity index (χ2n) is 3.79. The maximum Gasteiger partial charge on any atom is 0.333 e. The summed E-state index contributed by atoms with van der Waals surface area (Å²) in [6.07, 6.45) is 5.18. The molecular formula is C13H20O4. The van der Waals surface area contributed by atoms with Gasteiger partial charge in [0.15, 0.2) is 0 Å². The van der Waals surface area contributed by atoms with Crippen LogP contribution in [0.4, 0.5) is 0 Å². The number of aliphatic carboxylic acids is 1. The summed E-state index contributed by atoms with van der Waals surface area (Å²) in [6, 6.07) is 0. The minimum Gasteiger partial charge on any atom is -0.478 e. The average Bonchev–Trinajstić information content (AvgIpc) is 2.31. The van der Waals surface area contributed by atoms with E-state index in [-0.39, 0.29) is 12.0 Å². The fraction of sp³-hybridized carbons (Fsp3) is 0.538. The van der Waals surface area contributed by atoms with E-state index in [4.69, 9.17) is 5.11 Å². The quantitative estimate of drug-likeness (QED) is 0.402. The molecule has 0 aliphatic rings. The zero-order valence-corrected chi connectivity index (χ0v) is 10.5. The normalized spacial score (nSPS) is 11.1. The second kappa shape index (κ2) is 8.56. The highest BCUT2D eigenvalue weighted by Crippen LogP contribution is 2.12. The van der Waals surface area contributed by atoms with Crippen molar-refractivity contribution in [2.45, 2.75) is 39.0 Å². The van der Waals surface area contributed by atoms with Crippen LogP contribution in [-0.4, -0.2) is 24.2 Å². The van der Waals surface area contributed by atoms with Gasteiger partial charge in [0.25, 0.3) is 0 Å². The highest BCUT2D eigenvalue weighted by molar-refractivity contribution is 5.89. The SMILES string of the molecule is C=C(CC=C(CCCCC)C(=O)O)C(=O)OC. The summed E-state index contributed by atoms with van der Waals surface area (Å²) in [6.45, 7) is 5.60. The van der Waals surface area contributed by atoms with Crippen molar-refractivity contribution in [3.63, 3.8) is 0 Å². The number of carbonyl (C=O) groups excluding carboxylic acids is 1. The van der Waals surface area contributed by atoms with Gasteiger partial charge in [-0.2, -0.15) is 0 Å². The highest BCUT2D eigenvalue weighted by atomic mass is 16.5. The number of carboxylic acid groups (broad SMARTS) is 1. The number of methoxy groups -OCH3 is 1. The van der Waals surface area contributed by atoms with Crippen molar-refractivity contribution < 1.29 is 19.4 Å². The van der Waals surface area contributed by atoms with E-state index in [1.165, 1.54) is 13.2 Å². The molecule has 0 saturated heterocycles. The van der Waals surface area contributed by atoms with Crippen molar-refractivity contribution >= 4 is 11.9 Å². The minimum atomic E-state index is -0.932. The largest absolute Gasteiger partial charge is 0.478 e. The molecule has 17 heavy (non-hydrogen) atoms. The second-order valence-corrected chi connectivity index (χ2v) is 3.79. The number of hydrogen-bond acceptors (Lipinski definition) is 3. The van der Waals surface area contributed by atoms with Crippen molar-refractivity contribution in [3.05, 3.63) is 23.8 Å². The number of carbonyl (C=O) groups is 2. The van der Waals surface area contributed by atoms with Crippen LogP contribution < -0.4 is 0 Å². The third-order valence-electron chi connectivity index (χ3n) is 2.39. The Hall–Kier alpha value is -1.58. The molecule has 0 unspecified atom stereocenters. The van der Waals surface area contributed by atoms with Crippen LogP contribution in [0.2, 0.25) is 0 Å². The Morgan fingerprint density at radius 2 is 2.00 bits per heavy atom. The van der Waals surface area contributed by atoms with Crippen LogP contribution in [0.1, 0.15) is 39.0 Å². The topological polar surface area (TPSA) is 63.6 Å². The van der Waals surface area contributed by atoms with Crippen LogP contribution in [0.25, 0.3) is 0 Å². The van der Waals surface area contributed by atoms with Crippen LogP contribution in [0.3, 0.4) is 0 Å². The summed E-state index contributed by atoms with van der Waals surface area (Å²) in [5.41, 5.74) is 0.602. The molecule has 0 saturated carbocycles. The van der Waals surface area contributed by atoms with Crippen LogP contribution in [0, 0.1) is 0 Å². The molecule has 0 aromatic heterocycles. The van der Waals surface area contributed by atoms with Gasteiger partial charge in [-0.15, -0.1) is 0 Å². The number of esters is 1. The van der Waals surface area contributed by atoms with E-state index in [0.717, 1.165) is 19.3 Å². The molecule has 4 heteroatoms. The lowest BCUT2D eigenvalue weighted by Crippen LogP contribution is -2.05. The monoisotopic (exact) mass is 240 g/mol. The Balaban J connectivity index is 4.35. The van der Waals surface area contributed by atoms with Gasteiger partial charge >= 0.3 is 11.9 Å². The fourth-order valence-electron chi connectivity index (χ4n) is 1.34. The van der Waals surface area contributed by atoms with Crippen molar-refractivity contribution in [2.75, 3.05) is 7.11 Å².